The molecule has 3 nitrogen and oxygen atoms in total. The van der Waals surface area contributed by atoms with Crippen LogP contribution in [0.1, 0.15) is 32.3 Å². The second kappa shape index (κ2) is 5.83. The van der Waals surface area contributed by atoms with Gasteiger partial charge in [0.25, 0.3) is 0 Å². The molecule has 0 bridgehead atoms. The van der Waals surface area contributed by atoms with Crippen molar-refractivity contribution in [3.05, 3.63) is 23.8 Å². The van der Waals surface area contributed by atoms with Gasteiger partial charge in [-0.2, -0.15) is 0 Å². The Kier molecular flexibility index (Phi) is 4.35. The van der Waals surface area contributed by atoms with Crippen LogP contribution in [0.3, 0.4) is 0 Å². The van der Waals surface area contributed by atoms with E-state index in [1.807, 2.05) is 12.1 Å². The maximum atomic E-state index is 5.41. The van der Waals surface area contributed by atoms with Gasteiger partial charge in [0.1, 0.15) is 11.5 Å². The highest BCUT2D eigenvalue weighted by atomic mass is 16.5. The minimum absolute atomic E-state index is 0.541. The molecule has 2 rings (SSSR count). The van der Waals surface area contributed by atoms with E-state index in [-0.39, 0.29) is 0 Å². The zero-order chi connectivity index (χ0) is 13.9. The number of hydrogen-bond donors (Lipinski definition) is 1. The van der Waals surface area contributed by atoms with Gasteiger partial charge in [0.2, 0.25) is 0 Å². The molecule has 19 heavy (non-hydrogen) atoms. The van der Waals surface area contributed by atoms with E-state index < -0.39 is 0 Å². The Morgan fingerprint density at radius 1 is 1.21 bits per heavy atom. The molecule has 1 aliphatic rings. The molecule has 0 amide bonds. The highest BCUT2D eigenvalue weighted by molar-refractivity contribution is 5.40. The fourth-order valence-electron chi connectivity index (χ4n) is 2.56. The summed E-state index contributed by atoms with van der Waals surface area (Å²) in [6.45, 7) is 6.59. The van der Waals surface area contributed by atoms with Crippen LogP contribution in [-0.4, -0.2) is 20.8 Å². The quantitative estimate of drug-likeness (QED) is 0.819. The predicted octanol–water partition coefficient (Wildman–Crippen LogP) is 3.23. The molecule has 0 spiro atoms. The zero-order valence-corrected chi connectivity index (χ0v) is 12.5. The fourth-order valence-corrected chi connectivity index (χ4v) is 2.56. The van der Waals surface area contributed by atoms with Crippen molar-refractivity contribution in [2.24, 2.45) is 11.3 Å². The standard InChI is InChI=1S/C16H25NO2/c1-12(2)16(7-8-16)11-17-10-13-5-6-14(18-3)9-15(13)19-4/h5-6,9,12,17H,7-8,10-11H2,1-4H3. The largest absolute Gasteiger partial charge is 0.497 e. The number of nitrogens with one attached hydrogen (secondary N) is 1. The van der Waals surface area contributed by atoms with Crippen molar-refractivity contribution in [3.8, 4) is 11.5 Å². The first-order valence-electron chi connectivity index (χ1n) is 7.03. The van der Waals surface area contributed by atoms with Gasteiger partial charge in [-0.3, -0.25) is 0 Å². The van der Waals surface area contributed by atoms with E-state index in [1.165, 1.54) is 18.4 Å². The SMILES string of the molecule is COc1ccc(CNCC2(C(C)C)CC2)c(OC)c1. The fraction of sp³-hybridized carbons (Fsp3) is 0.625. The maximum Gasteiger partial charge on any atom is 0.127 e. The minimum atomic E-state index is 0.541. The van der Waals surface area contributed by atoms with E-state index in [9.17, 15) is 0 Å². The first-order chi connectivity index (χ1) is 9.11. The van der Waals surface area contributed by atoms with E-state index >= 15 is 0 Å². The van der Waals surface area contributed by atoms with Crippen LogP contribution in [0.25, 0.3) is 0 Å². The van der Waals surface area contributed by atoms with Crippen LogP contribution in [0.2, 0.25) is 0 Å². The lowest BCUT2D eigenvalue weighted by Crippen LogP contribution is -2.27. The van der Waals surface area contributed by atoms with E-state index in [4.69, 9.17) is 9.47 Å². The van der Waals surface area contributed by atoms with Gasteiger partial charge in [-0.05, 0) is 30.2 Å². The van der Waals surface area contributed by atoms with E-state index in [0.717, 1.165) is 30.5 Å². The van der Waals surface area contributed by atoms with E-state index in [1.54, 1.807) is 14.2 Å². The highest BCUT2D eigenvalue weighted by Crippen LogP contribution is 2.51. The third-order valence-corrected chi connectivity index (χ3v) is 4.40. The van der Waals surface area contributed by atoms with Gasteiger partial charge >= 0.3 is 0 Å². The molecule has 0 radical (unpaired) electrons. The summed E-state index contributed by atoms with van der Waals surface area (Å²) in [5.41, 5.74) is 1.72. The number of hydrogen-bond acceptors (Lipinski definition) is 3. The summed E-state index contributed by atoms with van der Waals surface area (Å²) >= 11 is 0. The monoisotopic (exact) mass is 263 g/mol. The van der Waals surface area contributed by atoms with Crippen molar-refractivity contribution in [1.82, 2.24) is 5.32 Å². The normalized spacial score (nSPS) is 16.5. The molecule has 0 heterocycles. The first kappa shape index (κ1) is 14.2. The lowest BCUT2D eigenvalue weighted by Gasteiger charge is -2.20. The van der Waals surface area contributed by atoms with Gasteiger partial charge in [0, 0.05) is 24.7 Å². The number of ether oxygens (including phenoxy) is 2. The molecule has 1 aliphatic carbocycles. The van der Waals surface area contributed by atoms with Crippen LogP contribution in [0.4, 0.5) is 0 Å². The van der Waals surface area contributed by atoms with Crippen LogP contribution < -0.4 is 14.8 Å². The second-order valence-corrected chi connectivity index (χ2v) is 5.80. The summed E-state index contributed by atoms with van der Waals surface area (Å²) in [6.07, 6.45) is 2.72. The average Bonchev–Trinajstić information content (AvgIpc) is 3.20. The predicted molar refractivity (Wildman–Crippen MR) is 77.8 cm³/mol. The van der Waals surface area contributed by atoms with Gasteiger partial charge < -0.3 is 14.8 Å². The lowest BCUT2D eigenvalue weighted by atomic mass is 9.92. The molecule has 1 aromatic carbocycles. The Bertz CT molecular complexity index is 425. The third-order valence-electron chi connectivity index (χ3n) is 4.40. The van der Waals surface area contributed by atoms with Crippen molar-refractivity contribution in [1.29, 1.82) is 0 Å². The summed E-state index contributed by atoms with van der Waals surface area (Å²) < 4.78 is 10.6. The summed E-state index contributed by atoms with van der Waals surface area (Å²) in [5.74, 6) is 2.49. The summed E-state index contributed by atoms with van der Waals surface area (Å²) in [5, 5.41) is 3.58. The lowest BCUT2D eigenvalue weighted by molar-refractivity contribution is 0.335. The Labute approximate surface area is 116 Å². The maximum absolute atomic E-state index is 5.41. The second-order valence-electron chi connectivity index (χ2n) is 5.80. The van der Waals surface area contributed by atoms with Crippen LogP contribution in [-0.2, 0) is 6.54 Å². The molecule has 1 fully saturated rings. The van der Waals surface area contributed by atoms with Gasteiger partial charge in [-0.25, -0.2) is 0 Å². The summed E-state index contributed by atoms with van der Waals surface area (Å²) in [7, 11) is 3.38. The van der Waals surface area contributed by atoms with Crippen molar-refractivity contribution >= 4 is 0 Å². The van der Waals surface area contributed by atoms with Crippen molar-refractivity contribution < 1.29 is 9.47 Å². The third kappa shape index (κ3) is 3.21. The van der Waals surface area contributed by atoms with Gasteiger partial charge in [-0.15, -0.1) is 0 Å². The van der Waals surface area contributed by atoms with Crippen LogP contribution in [0, 0.1) is 11.3 Å². The molecule has 0 aromatic heterocycles. The minimum Gasteiger partial charge on any atom is -0.497 e. The molecule has 1 aromatic rings. The van der Waals surface area contributed by atoms with Crippen LogP contribution >= 0.6 is 0 Å². The Hall–Kier alpha value is -1.22. The molecule has 1 N–H and O–H groups in total. The van der Waals surface area contributed by atoms with E-state index in [2.05, 4.69) is 25.2 Å². The Balaban J connectivity index is 1.92. The van der Waals surface area contributed by atoms with Gasteiger partial charge in [-0.1, -0.05) is 19.9 Å². The smallest absolute Gasteiger partial charge is 0.127 e. The van der Waals surface area contributed by atoms with E-state index in [0.29, 0.717) is 5.41 Å². The Morgan fingerprint density at radius 2 is 1.95 bits per heavy atom. The zero-order valence-electron chi connectivity index (χ0n) is 12.5. The topological polar surface area (TPSA) is 30.5 Å². The summed E-state index contributed by atoms with van der Waals surface area (Å²) in [6, 6.07) is 5.99. The molecule has 0 unspecified atom stereocenters. The number of methoxy groups -OCH3 is 2. The van der Waals surface area contributed by atoms with Crippen LogP contribution in [0.5, 0.6) is 11.5 Å². The molecule has 0 saturated heterocycles. The molecule has 3 heteroatoms. The Morgan fingerprint density at radius 3 is 2.47 bits per heavy atom. The van der Waals surface area contributed by atoms with Crippen molar-refractivity contribution in [3.63, 3.8) is 0 Å². The van der Waals surface area contributed by atoms with Crippen molar-refractivity contribution in [2.75, 3.05) is 20.8 Å². The van der Waals surface area contributed by atoms with Crippen LogP contribution in [0.15, 0.2) is 18.2 Å². The number of rotatable bonds is 7. The van der Waals surface area contributed by atoms with Crippen molar-refractivity contribution in [2.45, 2.75) is 33.2 Å². The summed E-state index contributed by atoms with van der Waals surface area (Å²) in [4.78, 5) is 0. The van der Waals surface area contributed by atoms with Gasteiger partial charge in [0.15, 0.2) is 0 Å². The molecule has 0 aliphatic heterocycles. The highest BCUT2D eigenvalue weighted by Gasteiger charge is 2.44. The van der Waals surface area contributed by atoms with Gasteiger partial charge in [0.05, 0.1) is 14.2 Å². The number of benzene rings is 1. The molecule has 0 atom stereocenters. The average molecular weight is 263 g/mol. The molecular formula is C16H25NO2. The molecule has 106 valence electrons. The molecular weight excluding hydrogens is 238 g/mol. The first-order valence-corrected chi connectivity index (χ1v) is 7.03. The molecule has 1 saturated carbocycles.